The lowest BCUT2D eigenvalue weighted by Crippen LogP contribution is -2.28. The fourth-order valence-corrected chi connectivity index (χ4v) is 5.27. The molecule has 2 aliphatic rings. The van der Waals surface area contributed by atoms with E-state index in [0.717, 1.165) is 56.6 Å². The monoisotopic (exact) mass is 515 g/mol. The molecule has 0 bridgehead atoms. The van der Waals surface area contributed by atoms with Crippen molar-refractivity contribution in [2.24, 2.45) is 10.8 Å². The Bertz CT molecular complexity index is 1210. The van der Waals surface area contributed by atoms with Gasteiger partial charge in [0, 0.05) is 35.6 Å². The number of hydrogen-bond donors (Lipinski definition) is 2. The van der Waals surface area contributed by atoms with Crippen LogP contribution in [0.4, 0.5) is 0 Å². The second-order valence-corrected chi connectivity index (χ2v) is 11.6. The van der Waals surface area contributed by atoms with Gasteiger partial charge in [0.2, 0.25) is 0 Å². The van der Waals surface area contributed by atoms with Gasteiger partial charge < -0.3 is 10.6 Å². The SMILES string of the molecule is CC1(C)CC(NCCCCCCNC2=C(C#N)C(=C(C#N)C#N)CC(C)(C)C2)=C(Cl)C(=C(C#N)C#N)C1. The number of rotatable bonds is 9. The van der Waals surface area contributed by atoms with E-state index in [1.54, 1.807) is 0 Å². The molecule has 7 nitrogen and oxygen atoms in total. The van der Waals surface area contributed by atoms with E-state index < -0.39 is 0 Å². The average Bonchev–Trinajstić information content (AvgIpc) is 2.84. The van der Waals surface area contributed by atoms with E-state index >= 15 is 0 Å². The third kappa shape index (κ3) is 7.89. The number of hydrogen-bond acceptors (Lipinski definition) is 7. The molecule has 2 rings (SSSR count). The van der Waals surface area contributed by atoms with Gasteiger partial charge in [-0.3, -0.25) is 0 Å². The van der Waals surface area contributed by atoms with E-state index in [1.807, 2.05) is 24.3 Å². The number of nitrogens with zero attached hydrogens (tertiary/aromatic N) is 5. The van der Waals surface area contributed by atoms with Gasteiger partial charge in [0.15, 0.2) is 0 Å². The van der Waals surface area contributed by atoms with Gasteiger partial charge in [-0.05, 0) is 49.4 Å². The van der Waals surface area contributed by atoms with E-state index in [1.165, 1.54) is 0 Å². The number of allylic oxidation sites excluding steroid dienone is 8. The van der Waals surface area contributed by atoms with Gasteiger partial charge >= 0.3 is 0 Å². The van der Waals surface area contributed by atoms with Gasteiger partial charge in [-0.1, -0.05) is 52.1 Å². The highest BCUT2D eigenvalue weighted by Gasteiger charge is 2.33. The van der Waals surface area contributed by atoms with E-state index in [9.17, 15) is 26.3 Å². The van der Waals surface area contributed by atoms with E-state index in [-0.39, 0.29) is 22.0 Å². The Labute approximate surface area is 226 Å². The first-order valence-electron chi connectivity index (χ1n) is 12.6. The molecule has 0 saturated carbocycles. The molecule has 0 aliphatic heterocycles. The molecule has 37 heavy (non-hydrogen) atoms. The molecule has 0 spiro atoms. The first kappa shape index (κ1) is 29.5. The molecule has 0 aromatic carbocycles. The zero-order valence-corrected chi connectivity index (χ0v) is 22.9. The third-order valence-corrected chi connectivity index (χ3v) is 7.15. The summed E-state index contributed by atoms with van der Waals surface area (Å²) in [7, 11) is 0. The quantitative estimate of drug-likeness (QED) is 0.271. The minimum Gasteiger partial charge on any atom is -0.387 e. The molecule has 0 radical (unpaired) electrons. The Morgan fingerprint density at radius 2 is 1.11 bits per heavy atom. The van der Waals surface area contributed by atoms with Gasteiger partial charge in [0.25, 0.3) is 0 Å². The summed E-state index contributed by atoms with van der Waals surface area (Å²) in [5, 5.41) is 54.3. The minimum atomic E-state index is -0.136. The molecule has 192 valence electrons. The largest absolute Gasteiger partial charge is 0.387 e. The van der Waals surface area contributed by atoms with Gasteiger partial charge in [-0.2, -0.15) is 26.3 Å². The maximum absolute atomic E-state index is 9.72. The standard InChI is InChI=1S/C29H34ClN7/c1-28(2)11-22(20(15-31)16-32)24(19-35)25(13-28)36-9-7-5-6-8-10-37-26-14-29(3,4)12-23(27(26)30)21(17-33)18-34/h36-37H,5-14H2,1-4H3. The molecule has 0 fully saturated rings. The first-order valence-corrected chi connectivity index (χ1v) is 13.0. The fraction of sp³-hybridized carbons (Fsp3) is 0.552. The highest BCUT2D eigenvalue weighted by atomic mass is 35.5. The Morgan fingerprint density at radius 3 is 1.59 bits per heavy atom. The summed E-state index contributed by atoms with van der Waals surface area (Å²) in [4.78, 5) is 0. The van der Waals surface area contributed by atoms with Crippen LogP contribution in [0.5, 0.6) is 0 Å². The summed E-state index contributed by atoms with van der Waals surface area (Å²) in [5.41, 5.74) is 3.21. The fourth-order valence-electron chi connectivity index (χ4n) is 4.97. The predicted octanol–water partition coefficient (Wildman–Crippen LogP) is 6.28. The van der Waals surface area contributed by atoms with Crippen molar-refractivity contribution < 1.29 is 0 Å². The summed E-state index contributed by atoms with van der Waals surface area (Å²) in [6.45, 7) is 9.86. The van der Waals surface area contributed by atoms with Gasteiger partial charge in [-0.15, -0.1) is 0 Å². The highest BCUT2D eigenvalue weighted by Crippen LogP contribution is 2.44. The van der Waals surface area contributed by atoms with Crippen molar-refractivity contribution in [2.45, 2.75) is 79.1 Å². The second-order valence-electron chi connectivity index (χ2n) is 11.2. The summed E-state index contributed by atoms with van der Waals surface area (Å²) >= 11 is 6.56. The smallest absolute Gasteiger partial charge is 0.134 e. The molecule has 0 saturated heterocycles. The number of halogens is 1. The van der Waals surface area contributed by atoms with Crippen LogP contribution < -0.4 is 10.6 Å². The lowest BCUT2D eigenvalue weighted by molar-refractivity contribution is 0.337. The van der Waals surface area contributed by atoms with Gasteiger partial charge in [0.05, 0.1) is 10.6 Å². The Morgan fingerprint density at radius 1 is 0.676 bits per heavy atom. The third-order valence-electron chi connectivity index (χ3n) is 6.70. The minimum absolute atomic E-state index is 0.0202. The van der Waals surface area contributed by atoms with E-state index in [0.29, 0.717) is 41.0 Å². The maximum atomic E-state index is 9.72. The lowest BCUT2D eigenvalue weighted by atomic mass is 9.73. The molecule has 0 amide bonds. The van der Waals surface area contributed by atoms with Crippen LogP contribution >= 0.6 is 11.6 Å². The molecular weight excluding hydrogens is 482 g/mol. The normalized spacial score (nSPS) is 18.1. The summed E-state index contributed by atoms with van der Waals surface area (Å²) in [6, 6.07) is 10.0. The molecule has 0 heterocycles. The average molecular weight is 516 g/mol. The van der Waals surface area contributed by atoms with Crippen molar-refractivity contribution in [1.82, 2.24) is 10.6 Å². The molecule has 0 atom stereocenters. The van der Waals surface area contributed by atoms with Crippen LogP contribution in [0.15, 0.2) is 44.3 Å². The number of nitriles is 5. The molecular formula is C29H34ClN7. The van der Waals surface area contributed by atoms with Crippen molar-refractivity contribution in [2.75, 3.05) is 13.1 Å². The van der Waals surface area contributed by atoms with Crippen LogP contribution in [0.25, 0.3) is 0 Å². The Kier molecular flexibility index (Phi) is 10.4. The molecule has 2 N–H and O–H groups in total. The topological polar surface area (TPSA) is 143 Å². The van der Waals surface area contributed by atoms with Gasteiger partial charge in [-0.25, -0.2) is 0 Å². The summed E-state index contributed by atoms with van der Waals surface area (Å²) in [6.07, 6.45) is 6.52. The van der Waals surface area contributed by atoms with Crippen LogP contribution in [-0.2, 0) is 0 Å². The van der Waals surface area contributed by atoms with Crippen molar-refractivity contribution in [1.29, 1.82) is 26.3 Å². The predicted molar refractivity (Wildman–Crippen MR) is 143 cm³/mol. The van der Waals surface area contributed by atoms with Crippen LogP contribution in [0, 0.1) is 67.5 Å². The van der Waals surface area contributed by atoms with E-state index in [4.69, 9.17) is 11.6 Å². The second kappa shape index (κ2) is 13.0. The van der Waals surface area contributed by atoms with Crippen molar-refractivity contribution in [3.05, 3.63) is 44.3 Å². The Hall–Kier alpha value is -3.70. The van der Waals surface area contributed by atoms with E-state index in [2.05, 4.69) is 44.4 Å². The van der Waals surface area contributed by atoms with Gasteiger partial charge in [0.1, 0.15) is 41.5 Å². The number of unbranched alkanes of at least 4 members (excludes halogenated alkanes) is 3. The van der Waals surface area contributed by atoms with Crippen LogP contribution in [0.2, 0.25) is 0 Å². The van der Waals surface area contributed by atoms with Crippen LogP contribution in [-0.4, -0.2) is 13.1 Å². The number of nitrogens with one attached hydrogen (secondary N) is 2. The summed E-state index contributed by atoms with van der Waals surface area (Å²) in [5.74, 6) is 0. The molecule has 0 aromatic heterocycles. The molecule has 8 heteroatoms. The van der Waals surface area contributed by atoms with Crippen LogP contribution in [0.3, 0.4) is 0 Å². The van der Waals surface area contributed by atoms with Crippen molar-refractivity contribution in [3.63, 3.8) is 0 Å². The molecule has 0 unspecified atom stereocenters. The zero-order chi connectivity index (χ0) is 27.6. The molecule has 0 aromatic rings. The zero-order valence-electron chi connectivity index (χ0n) is 22.2. The van der Waals surface area contributed by atoms with Crippen molar-refractivity contribution >= 4 is 11.6 Å². The highest BCUT2D eigenvalue weighted by molar-refractivity contribution is 6.32. The Balaban J connectivity index is 1.89. The first-order chi connectivity index (χ1) is 17.5. The summed E-state index contributed by atoms with van der Waals surface area (Å²) < 4.78 is 0. The lowest BCUT2D eigenvalue weighted by Gasteiger charge is -2.33. The molecule has 2 aliphatic carbocycles. The van der Waals surface area contributed by atoms with Crippen molar-refractivity contribution in [3.8, 4) is 30.3 Å². The maximum Gasteiger partial charge on any atom is 0.134 e. The van der Waals surface area contributed by atoms with Crippen LogP contribution in [0.1, 0.15) is 79.1 Å².